The minimum atomic E-state index is -2.95. The third-order valence-electron chi connectivity index (χ3n) is 3.62. The van der Waals surface area contributed by atoms with Crippen LogP contribution in [0.4, 0.5) is 19.3 Å². The molecule has 2 rings (SSSR count). The Hall–Kier alpha value is -2.63. The molecule has 1 atom stereocenters. The van der Waals surface area contributed by atoms with Gasteiger partial charge in [-0.2, -0.15) is 8.78 Å². The number of para-hydroxylation sites is 2. The molecule has 2 N–H and O–H groups in total. The fraction of sp³-hybridized carbons (Fsp3) is 0.278. The van der Waals surface area contributed by atoms with Gasteiger partial charge in [0.15, 0.2) is 0 Å². The zero-order valence-electron chi connectivity index (χ0n) is 13.3. The lowest BCUT2D eigenvalue weighted by atomic mass is 9.97. The highest BCUT2D eigenvalue weighted by molar-refractivity contribution is 5.90. The van der Waals surface area contributed by atoms with Crippen molar-refractivity contribution in [3.8, 4) is 5.75 Å². The predicted molar refractivity (Wildman–Crippen MR) is 89.6 cm³/mol. The summed E-state index contributed by atoms with van der Waals surface area (Å²) in [4.78, 5) is 12.0. The molecule has 0 radical (unpaired) electrons. The standard InChI is InChI=1S/C18H20F2N2O2/c1-2-13(14-8-4-3-5-9-14)12-21-18(23)22-15-10-6-7-11-16(15)24-17(19)20/h3-11,13,17H,2,12H2,1H3,(H2,21,22,23). The second-order valence-electron chi connectivity index (χ2n) is 5.23. The second kappa shape index (κ2) is 8.86. The van der Waals surface area contributed by atoms with E-state index in [9.17, 15) is 13.6 Å². The summed E-state index contributed by atoms with van der Waals surface area (Å²) in [6, 6.07) is 15.5. The lowest BCUT2D eigenvalue weighted by Crippen LogP contribution is -2.32. The van der Waals surface area contributed by atoms with Crippen LogP contribution in [0.25, 0.3) is 0 Å². The van der Waals surface area contributed by atoms with Crippen molar-refractivity contribution in [2.75, 3.05) is 11.9 Å². The Morgan fingerprint density at radius 3 is 2.42 bits per heavy atom. The van der Waals surface area contributed by atoms with Crippen LogP contribution in [0, 0.1) is 0 Å². The number of anilines is 1. The van der Waals surface area contributed by atoms with Crippen molar-refractivity contribution in [2.24, 2.45) is 0 Å². The van der Waals surface area contributed by atoms with Crippen molar-refractivity contribution >= 4 is 11.7 Å². The van der Waals surface area contributed by atoms with Crippen LogP contribution in [0.5, 0.6) is 5.75 Å². The highest BCUT2D eigenvalue weighted by Crippen LogP contribution is 2.25. The number of amides is 2. The van der Waals surface area contributed by atoms with E-state index in [4.69, 9.17) is 0 Å². The number of alkyl halides is 2. The molecule has 2 aromatic carbocycles. The van der Waals surface area contributed by atoms with Crippen LogP contribution in [0.2, 0.25) is 0 Å². The van der Waals surface area contributed by atoms with E-state index < -0.39 is 12.6 Å². The maximum atomic E-state index is 12.4. The highest BCUT2D eigenvalue weighted by Gasteiger charge is 2.13. The molecule has 0 bridgehead atoms. The first-order valence-corrected chi connectivity index (χ1v) is 7.73. The summed E-state index contributed by atoms with van der Waals surface area (Å²) in [6.45, 7) is -0.452. The van der Waals surface area contributed by atoms with E-state index in [1.165, 1.54) is 12.1 Å². The summed E-state index contributed by atoms with van der Waals surface area (Å²) in [5.74, 6) is 0.113. The third-order valence-corrected chi connectivity index (χ3v) is 3.62. The number of benzene rings is 2. The van der Waals surface area contributed by atoms with E-state index in [1.54, 1.807) is 12.1 Å². The quantitative estimate of drug-likeness (QED) is 0.777. The van der Waals surface area contributed by atoms with E-state index in [2.05, 4.69) is 15.4 Å². The fourth-order valence-electron chi connectivity index (χ4n) is 2.37. The van der Waals surface area contributed by atoms with Crippen LogP contribution >= 0.6 is 0 Å². The third kappa shape index (κ3) is 5.22. The predicted octanol–water partition coefficient (Wildman–Crippen LogP) is 4.60. The molecular weight excluding hydrogens is 314 g/mol. The number of halogens is 2. The minimum Gasteiger partial charge on any atom is -0.433 e. The summed E-state index contributed by atoms with van der Waals surface area (Å²) in [5, 5.41) is 5.31. The van der Waals surface area contributed by atoms with Gasteiger partial charge >= 0.3 is 12.6 Å². The van der Waals surface area contributed by atoms with Crippen molar-refractivity contribution in [3.63, 3.8) is 0 Å². The van der Waals surface area contributed by atoms with E-state index >= 15 is 0 Å². The lowest BCUT2D eigenvalue weighted by molar-refractivity contribution is -0.0493. The molecule has 0 heterocycles. The van der Waals surface area contributed by atoms with Crippen LogP contribution in [-0.4, -0.2) is 19.2 Å². The van der Waals surface area contributed by atoms with Crippen molar-refractivity contribution in [1.29, 1.82) is 0 Å². The number of ether oxygens (including phenoxy) is 1. The van der Waals surface area contributed by atoms with Gasteiger partial charge in [0, 0.05) is 12.5 Å². The number of carbonyl (C=O) groups is 1. The first kappa shape index (κ1) is 17.7. The minimum absolute atomic E-state index is 0.0715. The van der Waals surface area contributed by atoms with Gasteiger partial charge in [-0.05, 0) is 24.1 Å². The van der Waals surface area contributed by atoms with Crippen LogP contribution < -0.4 is 15.4 Å². The Bertz CT molecular complexity index is 650. The SMILES string of the molecule is CCC(CNC(=O)Nc1ccccc1OC(F)F)c1ccccc1. The molecule has 0 saturated heterocycles. The zero-order chi connectivity index (χ0) is 17.4. The number of urea groups is 1. The molecule has 128 valence electrons. The summed E-state index contributed by atoms with van der Waals surface area (Å²) < 4.78 is 29.1. The molecule has 2 aromatic rings. The Morgan fingerprint density at radius 2 is 1.75 bits per heavy atom. The average molecular weight is 334 g/mol. The Labute approximate surface area is 139 Å². The number of carbonyl (C=O) groups excluding carboxylic acids is 1. The maximum Gasteiger partial charge on any atom is 0.387 e. The molecule has 24 heavy (non-hydrogen) atoms. The first-order chi connectivity index (χ1) is 11.6. The fourth-order valence-corrected chi connectivity index (χ4v) is 2.37. The Morgan fingerprint density at radius 1 is 1.08 bits per heavy atom. The van der Waals surface area contributed by atoms with Crippen LogP contribution in [0.3, 0.4) is 0 Å². The van der Waals surface area contributed by atoms with Gasteiger partial charge in [0.05, 0.1) is 5.69 Å². The number of rotatable bonds is 7. The molecule has 1 unspecified atom stereocenters. The molecule has 4 nitrogen and oxygen atoms in total. The Balaban J connectivity index is 1.94. The van der Waals surface area contributed by atoms with Gasteiger partial charge in [-0.15, -0.1) is 0 Å². The molecule has 0 spiro atoms. The zero-order valence-corrected chi connectivity index (χ0v) is 13.3. The normalized spacial score (nSPS) is 11.8. The van der Waals surface area contributed by atoms with Crippen LogP contribution in [-0.2, 0) is 0 Å². The summed E-state index contributed by atoms with van der Waals surface area (Å²) in [7, 11) is 0. The molecule has 0 saturated carbocycles. The molecule has 0 aliphatic carbocycles. The molecular formula is C18H20F2N2O2. The molecule has 0 aromatic heterocycles. The number of nitrogens with one attached hydrogen (secondary N) is 2. The number of hydrogen-bond donors (Lipinski definition) is 2. The smallest absolute Gasteiger partial charge is 0.387 e. The molecule has 0 aliphatic heterocycles. The van der Waals surface area contributed by atoms with Gasteiger partial charge in [-0.1, -0.05) is 49.4 Å². The van der Waals surface area contributed by atoms with Gasteiger partial charge in [-0.25, -0.2) is 4.79 Å². The summed E-state index contributed by atoms with van der Waals surface area (Å²) >= 11 is 0. The highest BCUT2D eigenvalue weighted by atomic mass is 19.3. The largest absolute Gasteiger partial charge is 0.433 e. The molecule has 0 fully saturated rings. The van der Waals surface area contributed by atoms with Crippen molar-refractivity contribution in [3.05, 3.63) is 60.2 Å². The van der Waals surface area contributed by atoms with Crippen LogP contribution in [0.1, 0.15) is 24.8 Å². The van der Waals surface area contributed by atoms with Gasteiger partial charge < -0.3 is 15.4 Å². The van der Waals surface area contributed by atoms with E-state index in [-0.39, 0.29) is 17.4 Å². The molecule has 6 heteroatoms. The topological polar surface area (TPSA) is 50.4 Å². The van der Waals surface area contributed by atoms with Gasteiger partial charge in [0.1, 0.15) is 5.75 Å². The Kier molecular flexibility index (Phi) is 6.54. The van der Waals surface area contributed by atoms with E-state index in [0.29, 0.717) is 6.54 Å². The summed E-state index contributed by atoms with van der Waals surface area (Å²) in [6.07, 6.45) is 0.870. The average Bonchev–Trinajstić information content (AvgIpc) is 2.58. The maximum absolute atomic E-state index is 12.4. The number of hydrogen-bond acceptors (Lipinski definition) is 2. The molecule has 2 amide bonds. The molecule has 0 aliphatic rings. The van der Waals surface area contributed by atoms with Crippen molar-refractivity contribution in [1.82, 2.24) is 5.32 Å². The van der Waals surface area contributed by atoms with Gasteiger partial charge in [0.2, 0.25) is 0 Å². The second-order valence-corrected chi connectivity index (χ2v) is 5.23. The first-order valence-electron chi connectivity index (χ1n) is 7.73. The lowest BCUT2D eigenvalue weighted by Gasteiger charge is -2.17. The van der Waals surface area contributed by atoms with Gasteiger partial charge in [-0.3, -0.25) is 0 Å². The van der Waals surface area contributed by atoms with Crippen molar-refractivity contribution < 1.29 is 18.3 Å². The van der Waals surface area contributed by atoms with Crippen molar-refractivity contribution in [2.45, 2.75) is 25.9 Å². The van der Waals surface area contributed by atoms with Crippen LogP contribution in [0.15, 0.2) is 54.6 Å². The monoisotopic (exact) mass is 334 g/mol. The van der Waals surface area contributed by atoms with E-state index in [0.717, 1.165) is 12.0 Å². The summed E-state index contributed by atoms with van der Waals surface area (Å²) in [5.41, 5.74) is 1.34. The van der Waals surface area contributed by atoms with Gasteiger partial charge in [0.25, 0.3) is 0 Å². The van der Waals surface area contributed by atoms with E-state index in [1.807, 2.05) is 37.3 Å².